The van der Waals surface area contributed by atoms with E-state index < -0.39 is 6.04 Å². The van der Waals surface area contributed by atoms with Gasteiger partial charge in [-0.3, -0.25) is 19.7 Å². The van der Waals surface area contributed by atoms with Gasteiger partial charge < -0.3 is 19.9 Å². The molecule has 172 valence electrons. The lowest BCUT2D eigenvalue weighted by molar-refractivity contribution is -0.136. The van der Waals surface area contributed by atoms with Gasteiger partial charge in [0.2, 0.25) is 11.8 Å². The Bertz CT molecular complexity index is 890. The van der Waals surface area contributed by atoms with E-state index in [0.29, 0.717) is 31.1 Å². The number of fused-ring (bicyclic) bond motifs is 1. The highest BCUT2D eigenvalue weighted by Crippen LogP contribution is 2.34. The van der Waals surface area contributed by atoms with Crippen LogP contribution in [-0.4, -0.2) is 72.4 Å². The fraction of sp³-hybridized carbons (Fsp3) is 0.625. The number of hydrogen-bond acceptors (Lipinski definition) is 6. The van der Waals surface area contributed by atoms with Crippen molar-refractivity contribution in [2.45, 2.75) is 57.2 Å². The molecule has 4 aliphatic rings. The lowest BCUT2D eigenvalue weighted by Crippen LogP contribution is -2.52. The van der Waals surface area contributed by atoms with E-state index in [1.807, 2.05) is 12.1 Å². The first kappa shape index (κ1) is 21.4. The van der Waals surface area contributed by atoms with Crippen molar-refractivity contribution in [1.29, 1.82) is 0 Å². The fourth-order valence-corrected chi connectivity index (χ4v) is 5.56. The number of piperidine rings is 3. The molecule has 8 nitrogen and oxygen atoms in total. The third-order valence-corrected chi connectivity index (χ3v) is 7.49. The summed E-state index contributed by atoms with van der Waals surface area (Å²) in [7, 11) is 0. The molecule has 0 spiro atoms. The molecule has 3 fully saturated rings. The normalized spacial score (nSPS) is 25.7. The van der Waals surface area contributed by atoms with Gasteiger partial charge in [-0.05, 0) is 76.3 Å². The van der Waals surface area contributed by atoms with Crippen LogP contribution < -0.4 is 15.4 Å². The molecule has 4 heterocycles. The number of amides is 3. The van der Waals surface area contributed by atoms with Crippen LogP contribution >= 0.6 is 0 Å². The van der Waals surface area contributed by atoms with Gasteiger partial charge in [0.15, 0.2) is 0 Å². The molecular weight excluding hydrogens is 408 g/mol. The number of benzene rings is 1. The van der Waals surface area contributed by atoms with Crippen molar-refractivity contribution in [3.05, 3.63) is 29.3 Å². The first-order chi connectivity index (χ1) is 15.6. The molecule has 0 aliphatic carbocycles. The standard InChI is InChI=1S/C24H32N4O4/c29-22-5-4-20(23(30)26-22)28-14-19-18(24(28)31)2-1-3-21(19)32-15-16-8-12-27(13-9-16)17-6-10-25-11-7-17/h1-3,16-17,20,25H,4-15H2,(H,26,29,30). The summed E-state index contributed by atoms with van der Waals surface area (Å²) in [6.07, 6.45) is 5.40. The van der Waals surface area contributed by atoms with Crippen molar-refractivity contribution in [3.63, 3.8) is 0 Å². The second-order valence-corrected chi connectivity index (χ2v) is 9.45. The van der Waals surface area contributed by atoms with Crippen LogP contribution in [0, 0.1) is 5.92 Å². The van der Waals surface area contributed by atoms with Crippen LogP contribution in [0.25, 0.3) is 0 Å². The van der Waals surface area contributed by atoms with E-state index >= 15 is 0 Å². The minimum absolute atomic E-state index is 0.157. The highest BCUT2D eigenvalue weighted by molar-refractivity contribution is 6.05. The summed E-state index contributed by atoms with van der Waals surface area (Å²) in [4.78, 5) is 40.9. The van der Waals surface area contributed by atoms with Crippen molar-refractivity contribution < 1.29 is 19.1 Å². The van der Waals surface area contributed by atoms with Gasteiger partial charge in [-0.15, -0.1) is 0 Å². The van der Waals surface area contributed by atoms with Crippen molar-refractivity contribution in [1.82, 2.24) is 20.4 Å². The molecule has 0 bridgehead atoms. The molecule has 1 aromatic carbocycles. The van der Waals surface area contributed by atoms with E-state index in [1.54, 1.807) is 11.0 Å². The van der Waals surface area contributed by atoms with E-state index in [0.717, 1.165) is 56.4 Å². The van der Waals surface area contributed by atoms with Gasteiger partial charge in [-0.2, -0.15) is 0 Å². The Hall–Kier alpha value is -2.45. The third-order valence-electron chi connectivity index (χ3n) is 7.49. The number of nitrogens with zero attached hydrogens (tertiary/aromatic N) is 2. The highest BCUT2D eigenvalue weighted by atomic mass is 16.5. The summed E-state index contributed by atoms with van der Waals surface area (Å²) in [5.74, 6) is 0.449. The first-order valence-electron chi connectivity index (χ1n) is 11.9. The van der Waals surface area contributed by atoms with E-state index in [9.17, 15) is 14.4 Å². The maximum atomic E-state index is 13.0. The molecule has 32 heavy (non-hydrogen) atoms. The van der Waals surface area contributed by atoms with Gasteiger partial charge in [-0.1, -0.05) is 6.07 Å². The van der Waals surface area contributed by atoms with Gasteiger partial charge >= 0.3 is 0 Å². The van der Waals surface area contributed by atoms with Crippen LogP contribution in [-0.2, 0) is 16.1 Å². The summed E-state index contributed by atoms with van der Waals surface area (Å²) in [5.41, 5.74) is 1.46. The van der Waals surface area contributed by atoms with Crippen molar-refractivity contribution in [2.24, 2.45) is 5.92 Å². The van der Waals surface area contributed by atoms with Crippen molar-refractivity contribution in [3.8, 4) is 5.75 Å². The number of carbonyl (C=O) groups is 3. The van der Waals surface area contributed by atoms with Crippen molar-refractivity contribution in [2.75, 3.05) is 32.8 Å². The van der Waals surface area contributed by atoms with Crippen molar-refractivity contribution >= 4 is 17.7 Å². The van der Waals surface area contributed by atoms with Crippen LogP contribution in [0.4, 0.5) is 0 Å². The van der Waals surface area contributed by atoms with E-state index in [1.165, 1.54) is 12.8 Å². The molecule has 3 amide bonds. The average molecular weight is 441 g/mol. The monoisotopic (exact) mass is 440 g/mol. The van der Waals surface area contributed by atoms with Crippen LogP contribution in [0.2, 0.25) is 0 Å². The largest absolute Gasteiger partial charge is 0.493 e. The zero-order valence-corrected chi connectivity index (χ0v) is 18.5. The molecular formula is C24H32N4O4. The molecule has 8 heteroatoms. The van der Waals surface area contributed by atoms with Gasteiger partial charge in [-0.25, -0.2) is 0 Å². The zero-order valence-electron chi connectivity index (χ0n) is 18.5. The minimum atomic E-state index is -0.597. The predicted octanol–water partition coefficient (Wildman–Crippen LogP) is 1.29. The topological polar surface area (TPSA) is 91.0 Å². The number of ether oxygens (including phenoxy) is 1. The van der Waals surface area contributed by atoms with Crippen LogP contribution in [0.5, 0.6) is 5.75 Å². The lowest BCUT2D eigenvalue weighted by Gasteiger charge is -2.39. The predicted molar refractivity (Wildman–Crippen MR) is 118 cm³/mol. The SMILES string of the molecule is O=C1CCC(N2Cc3c(OCC4CCN(C5CCNCC5)CC4)cccc3C2=O)C(=O)N1. The number of nitrogens with one attached hydrogen (secondary N) is 2. The summed E-state index contributed by atoms with van der Waals surface area (Å²) < 4.78 is 6.23. The van der Waals surface area contributed by atoms with E-state index in [2.05, 4.69) is 15.5 Å². The summed E-state index contributed by atoms with van der Waals surface area (Å²) in [5, 5.41) is 5.79. The molecule has 2 N–H and O–H groups in total. The molecule has 5 rings (SSSR count). The van der Waals surface area contributed by atoms with Crippen LogP contribution in [0.15, 0.2) is 18.2 Å². The quantitative estimate of drug-likeness (QED) is 0.671. The maximum Gasteiger partial charge on any atom is 0.255 e. The molecule has 0 aromatic heterocycles. The van der Waals surface area contributed by atoms with Gasteiger partial charge in [0.05, 0.1) is 13.2 Å². The molecule has 4 aliphatic heterocycles. The number of hydrogen-bond donors (Lipinski definition) is 2. The Morgan fingerprint density at radius 1 is 1.00 bits per heavy atom. The molecule has 0 saturated carbocycles. The van der Waals surface area contributed by atoms with E-state index in [-0.39, 0.29) is 24.1 Å². The number of rotatable bonds is 5. The van der Waals surface area contributed by atoms with Gasteiger partial charge in [0.25, 0.3) is 5.91 Å². The van der Waals surface area contributed by atoms with Gasteiger partial charge in [0.1, 0.15) is 11.8 Å². The Labute approximate surface area is 188 Å². The van der Waals surface area contributed by atoms with Crippen LogP contribution in [0.1, 0.15) is 54.4 Å². The highest BCUT2D eigenvalue weighted by Gasteiger charge is 2.40. The smallest absolute Gasteiger partial charge is 0.255 e. The number of imide groups is 1. The second-order valence-electron chi connectivity index (χ2n) is 9.45. The number of carbonyl (C=O) groups excluding carboxylic acids is 3. The number of likely N-dealkylation sites (tertiary alicyclic amines) is 1. The summed E-state index contributed by atoms with van der Waals surface area (Å²) >= 11 is 0. The second kappa shape index (κ2) is 9.19. The first-order valence-corrected chi connectivity index (χ1v) is 11.9. The molecule has 1 aromatic rings. The maximum absolute atomic E-state index is 13.0. The summed E-state index contributed by atoms with van der Waals surface area (Å²) in [6.45, 7) is 5.53. The van der Waals surface area contributed by atoms with Gasteiger partial charge in [0, 0.05) is 23.6 Å². The molecule has 3 saturated heterocycles. The van der Waals surface area contributed by atoms with Crippen LogP contribution in [0.3, 0.4) is 0 Å². The summed E-state index contributed by atoms with van der Waals surface area (Å²) in [6, 6.07) is 5.69. The Morgan fingerprint density at radius 2 is 1.78 bits per heavy atom. The Morgan fingerprint density at radius 3 is 2.53 bits per heavy atom. The third kappa shape index (κ3) is 4.26. The minimum Gasteiger partial charge on any atom is -0.493 e. The average Bonchev–Trinajstić information content (AvgIpc) is 3.15. The lowest BCUT2D eigenvalue weighted by atomic mass is 9.94. The van der Waals surface area contributed by atoms with E-state index in [4.69, 9.17) is 4.74 Å². The zero-order chi connectivity index (χ0) is 22.1. The Kier molecular flexibility index (Phi) is 6.15. The Balaban J connectivity index is 1.18. The molecule has 1 atom stereocenters. The fourth-order valence-electron chi connectivity index (χ4n) is 5.56. The molecule has 1 unspecified atom stereocenters. The molecule has 0 radical (unpaired) electrons.